The number of nitrogens with zero attached hydrogens (tertiary/aromatic N) is 3. The van der Waals surface area contributed by atoms with Gasteiger partial charge in [0, 0.05) is 17.3 Å². The van der Waals surface area contributed by atoms with E-state index in [0.717, 1.165) is 17.0 Å². The zero-order chi connectivity index (χ0) is 24.1. The van der Waals surface area contributed by atoms with Crippen molar-refractivity contribution < 1.29 is 13.2 Å². The highest BCUT2D eigenvalue weighted by molar-refractivity contribution is 7.95. The summed E-state index contributed by atoms with van der Waals surface area (Å²) in [6.45, 7) is 3.91. The molecule has 7 heteroatoms. The molecule has 0 unspecified atom stereocenters. The molecular formula is C27H23N3O3S. The lowest BCUT2D eigenvalue weighted by Crippen LogP contribution is -2.05. The molecule has 0 saturated heterocycles. The van der Waals surface area contributed by atoms with Crippen molar-refractivity contribution in [3.63, 3.8) is 0 Å². The van der Waals surface area contributed by atoms with Gasteiger partial charge in [-0.05, 0) is 68.5 Å². The summed E-state index contributed by atoms with van der Waals surface area (Å²) in [4.78, 5) is -0.290. The number of sulfone groups is 1. The van der Waals surface area contributed by atoms with Gasteiger partial charge in [0.1, 0.15) is 22.4 Å². The largest absolute Gasteiger partial charge is 0.491 e. The summed E-state index contributed by atoms with van der Waals surface area (Å²) >= 11 is 0. The molecule has 1 heterocycles. The van der Waals surface area contributed by atoms with E-state index >= 15 is 0 Å². The smallest absolute Gasteiger partial charge is 0.216 e. The second-order valence-electron chi connectivity index (χ2n) is 7.84. The Morgan fingerprint density at radius 3 is 2.18 bits per heavy atom. The molecule has 0 aliphatic heterocycles. The molecule has 0 amide bonds. The first-order valence-corrected chi connectivity index (χ1v) is 12.2. The predicted octanol–water partition coefficient (Wildman–Crippen LogP) is 5.66. The maximum Gasteiger partial charge on any atom is 0.216 e. The molecular weight excluding hydrogens is 446 g/mol. The highest BCUT2D eigenvalue weighted by atomic mass is 32.2. The third-order valence-electron chi connectivity index (χ3n) is 5.00. The van der Waals surface area contributed by atoms with Crippen molar-refractivity contribution in [1.82, 2.24) is 9.78 Å². The first-order valence-electron chi connectivity index (χ1n) is 10.7. The van der Waals surface area contributed by atoms with Crippen molar-refractivity contribution in [3.05, 3.63) is 102 Å². The number of hydrogen-bond donors (Lipinski definition) is 0. The molecule has 4 aromatic rings. The molecule has 0 spiro atoms. The summed E-state index contributed by atoms with van der Waals surface area (Å²) in [5, 5.41) is 14.5. The lowest BCUT2D eigenvalue weighted by molar-refractivity contribution is 0.242. The van der Waals surface area contributed by atoms with E-state index in [-0.39, 0.29) is 15.9 Å². The fourth-order valence-electron chi connectivity index (χ4n) is 3.43. The average Bonchev–Trinajstić information content (AvgIpc) is 3.27. The number of aromatic nitrogens is 2. The van der Waals surface area contributed by atoms with Crippen LogP contribution >= 0.6 is 0 Å². The van der Waals surface area contributed by atoms with Gasteiger partial charge in [-0.3, -0.25) is 0 Å². The van der Waals surface area contributed by atoms with E-state index in [4.69, 9.17) is 9.84 Å². The Morgan fingerprint density at radius 2 is 1.59 bits per heavy atom. The lowest BCUT2D eigenvalue weighted by atomic mass is 10.1. The number of para-hydroxylation sites is 1. The van der Waals surface area contributed by atoms with Crippen LogP contribution in [0.4, 0.5) is 0 Å². The molecule has 4 rings (SSSR count). The number of nitriles is 1. The van der Waals surface area contributed by atoms with Gasteiger partial charge < -0.3 is 4.74 Å². The van der Waals surface area contributed by atoms with Crippen LogP contribution in [0, 0.1) is 11.3 Å². The number of ether oxygens (including phenoxy) is 1. The number of rotatable bonds is 7. The lowest BCUT2D eigenvalue weighted by Gasteiger charge is -2.10. The molecule has 0 aliphatic rings. The van der Waals surface area contributed by atoms with E-state index in [1.807, 2.05) is 74.5 Å². The van der Waals surface area contributed by atoms with Crippen LogP contribution in [-0.2, 0) is 9.84 Å². The van der Waals surface area contributed by atoms with Gasteiger partial charge in [-0.25, -0.2) is 13.1 Å². The van der Waals surface area contributed by atoms with Gasteiger partial charge in [-0.15, -0.1) is 0 Å². The van der Waals surface area contributed by atoms with Crippen LogP contribution in [0.1, 0.15) is 19.4 Å². The van der Waals surface area contributed by atoms with Gasteiger partial charge >= 0.3 is 0 Å². The number of benzene rings is 3. The fourth-order valence-corrected chi connectivity index (χ4v) is 4.60. The summed E-state index contributed by atoms with van der Waals surface area (Å²) in [6, 6.07) is 26.7. The SMILES string of the molecule is CC(C)Oc1ccc(-c2nn(-c3ccccc3)cc2/C=C(/C#N)S(=O)(=O)c2ccccc2)cc1. The molecule has 1 aromatic heterocycles. The maximum absolute atomic E-state index is 13.1. The molecule has 0 aliphatic carbocycles. The Balaban J connectivity index is 1.84. The van der Waals surface area contributed by atoms with E-state index in [0.29, 0.717) is 11.3 Å². The van der Waals surface area contributed by atoms with Crippen molar-refractivity contribution in [2.75, 3.05) is 0 Å². The third kappa shape index (κ3) is 4.92. The molecule has 0 bridgehead atoms. The molecule has 0 saturated carbocycles. The summed E-state index contributed by atoms with van der Waals surface area (Å²) in [5.74, 6) is 0.725. The molecule has 0 radical (unpaired) electrons. The Morgan fingerprint density at radius 1 is 0.971 bits per heavy atom. The summed E-state index contributed by atoms with van der Waals surface area (Å²) < 4.78 is 33.6. The second kappa shape index (κ2) is 9.77. The van der Waals surface area contributed by atoms with Gasteiger partial charge in [0.25, 0.3) is 0 Å². The molecule has 0 N–H and O–H groups in total. The third-order valence-corrected chi connectivity index (χ3v) is 6.68. The van der Waals surface area contributed by atoms with Gasteiger partial charge in [-0.1, -0.05) is 36.4 Å². The van der Waals surface area contributed by atoms with Gasteiger partial charge in [-0.2, -0.15) is 10.4 Å². The Bertz CT molecular complexity index is 1450. The molecule has 34 heavy (non-hydrogen) atoms. The fraction of sp³-hybridized carbons (Fsp3) is 0.111. The topological polar surface area (TPSA) is 85.0 Å². The van der Waals surface area contributed by atoms with Crippen LogP contribution in [-0.4, -0.2) is 24.3 Å². The first-order chi connectivity index (χ1) is 16.4. The summed E-state index contributed by atoms with van der Waals surface area (Å²) in [7, 11) is -3.98. The molecule has 6 nitrogen and oxygen atoms in total. The van der Waals surface area contributed by atoms with Gasteiger partial charge in [0.2, 0.25) is 9.84 Å². The minimum absolute atomic E-state index is 0.0445. The number of allylic oxidation sites excluding steroid dienone is 1. The monoisotopic (exact) mass is 469 g/mol. The maximum atomic E-state index is 13.1. The van der Waals surface area contributed by atoms with E-state index in [2.05, 4.69) is 0 Å². The van der Waals surface area contributed by atoms with E-state index in [1.165, 1.54) is 18.2 Å². The highest BCUT2D eigenvalue weighted by Gasteiger charge is 2.22. The van der Waals surface area contributed by atoms with Gasteiger partial charge in [0.15, 0.2) is 0 Å². The summed E-state index contributed by atoms with van der Waals surface area (Å²) in [5.41, 5.74) is 2.65. The minimum Gasteiger partial charge on any atom is -0.491 e. The van der Waals surface area contributed by atoms with E-state index in [9.17, 15) is 13.7 Å². The van der Waals surface area contributed by atoms with Crippen molar-refractivity contribution >= 4 is 15.9 Å². The first kappa shape index (κ1) is 23.0. The average molecular weight is 470 g/mol. The highest BCUT2D eigenvalue weighted by Crippen LogP contribution is 2.29. The normalized spacial score (nSPS) is 11.9. The van der Waals surface area contributed by atoms with Crippen LogP contribution < -0.4 is 4.74 Å². The van der Waals surface area contributed by atoms with Crippen molar-refractivity contribution in [1.29, 1.82) is 5.26 Å². The Hall–Kier alpha value is -4.15. The van der Waals surface area contributed by atoms with E-state index in [1.54, 1.807) is 29.1 Å². The van der Waals surface area contributed by atoms with Gasteiger partial charge in [0.05, 0.1) is 16.7 Å². The van der Waals surface area contributed by atoms with E-state index < -0.39 is 9.84 Å². The van der Waals surface area contributed by atoms with Crippen LogP contribution in [0.5, 0.6) is 5.75 Å². The second-order valence-corrected chi connectivity index (χ2v) is 9.76. The molecule has 3 aromatic carbocycles. The molecule has 0 atom stereocenters. The van der Waals surface area contributed by atoms with Crippen LogP contribution in [0.3, 0.4) is 0 Å². The zero-order valence-corrected chi connectivity index (χ0v) is 19.6. The minimum atomic E-state index is -3.98. The quantitative estimate of drug-likeness (QED) is 0.326. The molecule has 170 valence electrons. The predicted molar refractivity (Wildman–Crippen MR) is 132 cm³/mol. The summed E-state index contributed by atoms with van der Waals surface area (Å²) in [6.07, 6.45) is 3.15. The van der Waals surface area contributed by atoms with Crippen LogP contribution in [0.15, 0.2) is 101 Å². The van der Waals surface area contributed by atoms with Crippen LogP contribution in [0.25, 0.3) is 23.0 Å². The van der Waals surface area contributed by atoms with Crippen molar-refractivity contribution in [2.45, 2.75) is 24.8 Å². The Kier molecular flexibility index (Phi) is 6.62. The standard InChI is InChI=1S/C27H23N3O3S/c1-20(2)33-24-15-13-21(14-16-24)27-22(19-30(29-27)23-9-5-3-6-10-23)17-26(18-28)34(31,32)25-11-7-4-8-12-25/h3-17,19-20H,1-2H3/b26-17-. The van der Waals surface area contributed by atoms with Crippen molar-refractivity contribution in [3.8, 4) is 28.8 Å². The zero-order valence-electron chi connectivity index (χ0n) is 18.8. The van der Waals surface area contributed by atoms with Crippen LogP contribution in [0.2, 0.25) is 0 Å². The molecule has 0 fully saturated rings. The Labute approximate surface area is 199 Å². The number of hydrogen-bond acceptors (Lipinski definition) is 5. The van der Waals surface area contributed by atoms with Crippen molar-refractivity contribution in [2.24, 2.45) is 0 Å².